The van der Waals surface area contributed by atoms with E-state index in [4.69, 9.17) is 5.73 Å². The molecular weight excluding hydrogens is 326 g/mol. The zero-order valence-electron chi connectivity index (χ0n) is 15.3. The van der Waals surface area contributed by atoms with Crippen LogP contribution >= 0.6 is 0 Å². The van der Waals surface area contributed by atoms with Crippen molar-refractivity contribution in [2.24, 2.45) is 0 Å². The first-order chi connectivity index (χ1) is 13.2. The van der Waals surface area contributed by atoms with Crippen LogP contribution in [0.2, 0.25) is 0 Å². The molecule has 4 rings (SSSR count). The quantitative estimate of drug-likeness (QED) is 0.553. The molecule has 1 heteroatoms. The van der Waals surface area contributed by atoms with Gasteiger partial charge < -0.3 is 5.73 Å². The van der Waals surface area contributed by atoms with Crippen LogP contribution in [-0.4, -0.2) is 0 Å². The van der Waals surface area contributed by atoms with Crippen molar-refractivity contribution in [1.29, 1.82) is 0 Å². The summed E-state index contributed by atoms with van der Waals surface area (Å²) >= 11 is 0. The van der Waals surface area contributed by atoms with Crippen LogP contribution in [-0.2, 0) is 5.41 Å². The molecule has 0 spiro atoms. The second kappa shape index (κ2) is 7.13. The fourth-order valence-corrected chi connectivity index (χ4v) is 4.05. The predicted molar refractivity (Wildman–Crippen MR) is 116 cm³/mol. The lowest BCUT2D eigenvalue weighted by atomic mass is 9.65. The lowest BCUT2D eigenvalue weighted by molar-refractivity contribution is 0.626. The van der Waals surface area contributed by atoms with Crippen LogP contribution in [0.5, 0.6) is 0 Å². The van der Waals surface area contributed by atoms with Gasteiger partial charge in [0.15, 0.2) is 0 Å². The minimum Gasteiger partial charge on any atom is -0.399 e. The van der Waals surface area contributed by atoms with Crippen LogP contribution in [0.3, 0.4) is 0 Å². The van der Waals surface area contributed by atoms with Crippen molar-refractivity contribution in [3.05, 3.63) is 132 Å². The molecule has 0 aliphatic heterocycles. The van der Waals surface area contributed by atoms with E-state index < -0.39 is 0 Å². The van der Waals surface area contributed by atoms with Crippen LogP contribution in [0, 0.1) is 0 Å². The smallest absolute Gasteiger partial charge is 0.0491 e. The number of hydrogen-bond donors (Lipinski definition) is 1. The summed E-state index contributed by atoms with van der Waals surface area (Å²) in [6, 6.07) is 27.7. The van der Waals surface area contributed by atoms with Crippen molar-refractivity contribution < 1.29 is 0 Å². The number of hydrogen-bond acceptors (Lipinski definition) is 1. The number of nitrogens with two attached hydrogens (primary N) is 1. The number of rotatable bonds is 2. The highest BCUT2D eigenvalue weighted by atomic mass is 14.5. The van der Waals surface area contributed by atoms with E-state index in [1.54, 1.807) is 0 Å². The molecule has 0 saturated carbocycles. The summed E-state index contributed by atoms with van der Waals surface area (Å²) in [5.41, 5.74) is 12.4. The Labute approximate surface area is 161 Å². The molecular formula is C26H23N. The van der Waals surface area contributed by atoms with E-state index in [0.717, 1.165) is 23.2 Å². The van der Waals surface area contributed by atoms with E-state index in [9.17, 15) is 0 Å². The van der Waals surface area contributed by atoms with E-state index in [0.29, 0.717) is 0 Å². The van der Waals surface area contributed by atoms with Crippen LogP contribution in [0.4, 0.5) is 5.69 Å². The molecule has 0 bridgehead atoms. The fraction of sp³-hybridized carbons (Fsp3) is 0.0769. The first kappa shape index (κ1) is 17.1. The van der Waals surface area contributed by atoms with Gasteiger partial charge in [0.05, 0.1) is 0 Å². The molecule has 0 radical (unpaired) electrons. The van der Waals surface area contributed by atoms with E-state index >= 15 is 0 Å². The van der Waals surface area contributed by atoms with E-state index in [1.807, 2.05) is 12.1 Å². The summed E-state index contributed by atoms with van der Waals surface area (Å²) in [5.74, 6) is 0. The third kappa shape index (κ3) is 3.02. The summed E-state index contributed by atoms with van der Waals surface area (Å²) in [7, 11) is 0. The zero-order chi connectivity index (χ0) is 18.7. The van der Waals surface area contributed by atoms with Gasteiger partial charge in [-0.05, 0) is 46.4 Å². The minimum atomic E-state index is -0.309. The van der Waals surface area contributed by atoms with Gasteiger partial charge >= 0.3 is 0 Å². The number of benzene rings is 3. The molecule has 1 aliphatic rings. The van der Waals surface area contributed by atoms with Gasteiger partial charge in [0.25, 0.3) is 0 Å². The Balaban J connectivity index is 2.12. The average molecular weight is 349 g/mol. The SMILES string of the molecule is C=C1/C=C\C=C/CC(c2ccccc2)(c2ccccc2)c2ccc(N)cc21. The minimum absolute atomic E-state index is 0.309. The number of nitrogen functional groups attached to an aromatic ring is 1. The highest BCUT2D eigenvalue weighted by Gasteiger charge is 2.37. The summed E-state index contributed by atoms with van der Waals surface area (Å²) in [6.07, 6.45) is 9.33. The van der Waals surface area contributed by atoms with Crippen molar-refractivity contribution in [1.82, 2.24) is 0 Å². The molecule has 0 saturated heterocycles. The van der Waals surface area contributed by atoms with Gasteiger partial charge in [-0.1, -0.05) is 97.6 Å². The Morgan fingerprint density at radius 1 is 0.778 bits per heavy atom. The maximum absolute atomic E-state index is 6.16. The lowest BCUT2D eigenvalue weighted by Gasteiger charge is -2.37. The van der Waals surface area contributed by atoms with Crippen molar-refractivity contribution in [3.8, 4) is 0 Å². The first-order valence-electron chi connectivity index (χ1n) is 9.25. The lowest BCUT2D eigenvalue weighted by Crippen LogP contribution is -2.30. The topological polar surface area (TPSA) is 26.0 Å². The zero-order valence-corrected chi connectivity index (χ0v) is 15.3. The van der Waals surface area contributed by atoms with E-state index in [-0.39, 0.29) is 5.41 Å². The van der Waals surface area contributed by atoms with Crippen molar-refractivity contribution >= 4 is 11.3 Å². The van der Waals surface area contributed by atoms with E-state index in [1.165, 1.54) is 16.7 Å². The summed E-state index contributed by atoms with van der Waals surface area (Å²) in [5, 5.41) is 0. The molecule has 132 valence electrons. The first-order valence-corrected chi connectivity index (χ1v) is 9.25. The third-order valence-electron chi connectivity index (χ3n) is 5.35. The van der Waals surface area contributed by atoms with Crippen molar-refractivity contribution in [2.45, 2.75) is 11.8 Å². The van der Waals surface area contributed by atoms with Gasteiger partial charge in [-0.25, -0.2) is 0 Å². The van der Waals surface area contributed by atoms with Crippen LogP contribution in [0.15, 0.2) is 110 Å². The highest BCUT2D eigenvalue weighted by molar-refractivity contribution is 5.79. The third-order valence-corrected chi connectivity index (χ3v) is 5.35. The molecule has 3 aromatic rings. The van der Waals surface area contributed by atoms with Gasteiger partial charge in [-0.15, -0.1) is 0 Å². The molecule has 3 aromatic carbocycles. The molecule has 27 heavy (non-hydrogen) atoms. The maximum atomic E-state index is 6.16. The van der Waals surface area contributed by atoms with E-state index in [2.05, 4.69) is 97.6 Å². The Morgan fingerprint density at radius 2 is 1.41 bits per heavy atom. The van der Waals surface area contributed by atoms with Gasteiger partial charge in [-0.2, -0.15) is 0 Å². The van der Waals surface area contributed by atoms with Crippen LogP contribution in [0.1, 0.15) is 28.7 Å². The van der Waals surface area contributed by atoms with Gasteiger partial charge in [0.2, 0.25) is 0 Å². The summed E-state index contributed by atoms with van der Waals surface area (Å²) < 4.78 is 0. The molecule has 0 unspecified atom stereocenters. The maximum Gasteiger partial charge on any atom is 0.0491 e. The Bertz CT molecular complexity index is 971. The van der Waals surface area contributed by atoms with Crippen molar-refractivity contribution in [2.75, 3.05) is 5.73 Å². The standard InChI is InChI=1S/C26H23N/c1-20-11-5-4-10-18-26(21-12-6-2-7-13-21,22-14-8-3-9-15-22)25-17-16-23(27)19-24(20)25/h2-17,19H,1,18,27H2/b10-4-,11-5-. The molecule has 0 heterocycles. The Morgan fingerprint density at radius 3 is 2.04 bits per heavy atom. The molecule has 0 atom stereocenters. The summed E-state index contributed by atoms with van der Waals surface area (Å²) in [6.45, 7) is 4.32. The molecule has 2 N–H and O–H groups in total. The number of anilines is 1. The summed E-state index contributed by atoms with van der Waals surface area (Å²) in [4.78, 5) is 0. The predicted octanol–water partition coefficient (Wildman–Crippen LogP) is 6.13. The number of fused-ring (bicyclic) bond motifs is 1. The van der Waals surface area contributed by atoms with Crippen molar-refractivity contribution in [3.63, 3.8) is 0 Å². The molecule has 1 nitrogen and oxygen atoms in total. The number of allylic oxidation sites excluding steroid dienone is 5. The largest absolute Gasteiger partial charge is 0.399 e. The fourth-order valence-electron chi connectivity index (χ4n) is 4.05. The second-order valence-corrected chi connectivity index (χ2v) is 6.96. The second-order valence-electron chi connectivity index (χ2n) is 6.96. The molecule has 0 amide bonds. The average Bonchev–Trinajstić information content (AvgIpc) is 2.78. The molecule has 0 fully saturated rings. The highest BCUT2D eigenvalue weighted by Crippen LogP contribution is 2.46. The van der Waals surface area contributed by atoms with Gasteiger partial charge in [0, 0.05) is 11.1 Å². The molecule has 1 aliphatic carbocycles. The Kier molecular flexibility index (Phi) is 4.52. The van der Waals surface area contributed by atoms with Crippen LogP contribution < -0.4 is 5.73 Å². The van der Waals surface area contributed by atoms with Gasteiger partial charge in [-0.3, -0.25) is 0 Å². The monoisotopic (exact) mass is 349 g/mol. The van der Waals surface area contributed by atoms with Crippen LogP contribution in [0.25, 0.3) is 5.57 Å². The normalized spacial score (nSPS) is 17.9. The molecule has 0 aromatic heterocycles. The Hall–Kier alpha value is -3.32. The van der Waals surface area contributed by atoms with Gasteiger partial charge in [0.1, 0.15) is 0 Å².